The van der Waals surface area contributed by atoms with Crippen LogP contribution in [0, 0.1) is 17.8 Å². The zero-order valence-electron chi connectivity index (χ0n) is 13.2. The van der Waals surface area contributed by atoms with Gasteiger partial charge in [-0.25, -0.2) is 0 Å². The van der Waals surface area contributed by atoms with E-state index in [1.165, 1.54) is 25.7 Å². The van der Waals surface area contributed by atoms with Crippen molar-refractivity contribution in [3.8, 4) is 5.75 Å². The second kappa shape index (κ2) is 6.49. The third-order valence-electron chi connectivity index (χ3n) is 5.28. The summed E-state index contributed by atoms with van der Waals surface area (Å²) in [5.74, 6) is 2.93. The van der Waals surface area contributed by atoms with E-state index in [0.717, 1.165) is 11.8 Å². The highest BCUT2D eigenvalue weighted by molar-refractivity contribution is 6.30. The molecule has 2 aliphatic carbocycles. The molecule has 3 nitrogen and oxygen atoms in total. The Morgan fingerprint density at radius 1 is 1.32 bits per heavy atom. The second-order valence-corrected chi connectivity index (χ2v) is 7.29. The third kappa shape index (κ3) is 3.40. The monoisotopic (exact) mass is 321 g/mol. The molecule has 5 atom stereocenters. The Kier molecular flexibility index (Phi) is 4.62. The molecule has 0 aromatic heterocycles. The van der Waals surface area contributed by atoms with Crippen LogP contribution in [0.3, 0.4) is 0 Å². The van der Waals surface area contributed by atoms with Gasteiger partial charge in [0.1, 0.15) is 5.75 Å². The molecule has 0 aliphatic heterocycles. The Bertz CT molecular complexity index is 548. The van der Waals surface area contributed by atoms with E-state index in [2.05, 4.69) is 12.2 Å². The molecule has 0 radical (unpaired) electrons. The number of fused-ring (bicyclic) bond motifs is 2. The van der Waals surface area contributed by atoms with Crippen LogP contribution in [0.25, 0.3) is 0 Å². The molecule has 1 aromatic carbocycles. The quantitative estimate of drug-likeness (QED) is 0.888. The fourth-order valence-electron chi connectivity index (χ4n) is 4.15. The van der Waals surface area contributed by atoms with Crippen molar-refractivity contribution >= 4 is 17.5 Å². The predicted molar refractivity (Wildman–Crippen MR) is 88.1 cm³/mol. The lowest BCUT2D eigenvalue weighted by Crippen LogP contribution is -2.45. The summed E-state index contributed by atoms with van der Waals surface area (Å²) in [5.41, 5.74) is 0. The fourth-order valence-corrected chi connectivity index (χ4v) is 4.33. The SMILES string of the molecule is C[C@H](Oc1cccc(Cl)c1)C(=O)N[C@@H](C)[C@@H]1C[C@@H]2CC[C@@H]1C2. The smallest absolute Gasteiger partial charge is 0.260 e. The number of halogens is 1. The normalized spacial score (nSPS) is 29.1. The van der Waals surface area contributed by atoms with Crippen LogP contribution in [0.5, 0.6) is 5.75 Å². The molecule has 3 rings (SSSR count). The van der Waals surface area contributed by atoms with E-state index in [9.17, 15) is 4.79 Å². The van der Waals surface area contributed by atoms with Crippen molar-refractivity contribution in [2.45, 2.75) is 51.7 Å². The summed E-state index contributed by atoms with van der Waals surface area (Å²) < 4.78 is 5.69. The maximum absolute atomic E-state index is 12.3. The van der Waals surface area contributed by atoms with Crippen LogP contribution in [0.4, 0.5) is 0 Å². The van der Waals surface area contributed by atoms with Crippen molar-refractivity contribution in [2.75, 3.05) is 0 Å². The van der Waals surface area contributed by atoms with E-state index in [4.69, 9.17) is 16.3 Å². The van der Waals surface area contributed by atoms with Gasteiger partial charge in [0.2, 0.25) is 0 Å². The molecular formula is C18H24ClNO2. The summed E-state index contributed by atoms with van der Waals surface area (Å²) in [6.45, 7) is 3.92. The molecule has 0 heterocycles. The average Bonchev–Trinajstić information content (AvgIpc) is 3.09. The topological polar surface area (TPSA) is 38.3 Å². The van der Waals surface area contributed by atoms with Crippen LogP contribution in [-0.2, 0) is 4.79 Å². The van der Waals surface area contributed by atoms with Gasteiger partial charge in [-0.2, -0.15) is 0 Å². The predicted octanol–water partition coefficient (Wildman–Crippen LogP) is 4.05. The highest BCUT2D eigenvalue weighted by atomic mass is 35.5. The third-order valence-corrected chi connectivity index (χ3v) is 5.52. The molecule has 0 saturated heterocycles. The van der Waals surface area contributed by atoms with Crippen LogP contribution < -0.4 is 10.1 Å². The van der Waals surface area contributed by atoms with Crippen LogP contribution in [0.2, 0.25) is 5.02 Å². The number of ether oxygens (including phenoxy) is 1. The van der Waals surface area contributed by atoms with Crippen LogP contribution >= 0.6 is 11.6 Å². The van der Waals surface area contributed by atoms with Crippen LogP contribution in [0.1, 0.15) is 39.5 Å². The Balaban J connectivity index is 1.52. The Morgan fingerprint density at radius 2 is 2.14 bits per heavy atom. The molecule has 2 aliphatic rings. The van der Waals surface area contributed by atoms with Gasteiger partial charge >= 0.3 is 0 Å². The zero-order chi connectivity index (χ0) is 15.7. The first-order chi connectivity index (χ1) is 10.5. The van der Waals surface area contributed by atoms with Crippen molar-refractivity contribution in [2.24, 2.45) is 17.8 Å². The van der Waals surface area contributed by atoms with Gasteiger partial charge in [-0.1, -0.05) is 24.1 Å². The molecule has 1 N–H and O–H groups in total. The number of benzene rings is 1. The van der Waals surface area contributed by atoms with Gasteiger partial charge < -0.3 is 10.1 Å². The molecule has 1 amide bonds. The number of carbonyl (C=O) groups excluding carboxylic acids is 1. The molecule has 4 heteroatoms. The number of rotatable bonds is 5. The average molecular weight is 322 g/mol. The molecule has 0 unspecified atom stereocenters. The minimum Gasteiger partial charge on any atom is -0.481 e. The van der Waals surface area contributed by atoms with E-state index >= 15 is 0 Å². The number of carbonyl (C=O) groups is 1. The van der Waals surface area contributed by atoms with Gasteiger partial charge in [0.25, 0.3) is 5.91 Å². The van der Waals surface area contributed by atoms with Gasteiger partial charge in [-0.05, 0) is 69.1 Å². The first-order valence-corrected chi connectivity index (χ1v) is 8.63. The Hall–Kier alpha value is -1.22. The largest absolute Gasteiger partial charge is 0.481 e. The molecule has 2 bridgehead atoms. The lowest BCUT2D eigenvalue weighted by molar-refractivity contribution is -0.128. The summed E-state index contributed by atoms with van der Waals surface area (Å²) >= 11 is 5.93. The minimum absolute atomic E-state index is 0.0461. The summed E-state index contributed by atoms with van der Waals surface area (Å²) in [6.07, 6.45) is 4.84. The molecule has 2 fully saturated rings. The summed E-state index contributed by atoms with van der Waals surface area (Å²) in [7, 11) is 0. The fraction of sp³-hybridized carbons (Fsp3) is 0.611. The van der Waals surface area contributed by atoms with E-state index < -0.39 is 6.10 Å². The first kappa shape index (κ1) is 15.7. The standard InChI is InChI=1S/C18H24ClNO2/c1-11(17-9-13-6-7-14(17)8-13)20-18(21)12(2)22-16-5-3-4-15(19)10-16/h3-5,10-14,17H,6-9H2,1-2H3,(H,20,21)/t11-,12-,13+,14+,17-/m0/s1. The van der Waals surface area contributed by atoms with Gasteiger partial charge in [-0.15, -0.1) is 0 Å². The lowest BCUT2D eigenvalue weighted by Gasteiger charge is -2.29. The van der Waals surface area contributed by atoms with Gasteiger partial charge in [0.05, 0.1) is 0 Å². The highest BCUT2D eigenvalue weighted by Crippen LogP contribution is 2.49. The number of hydrogen-bond acceptors (Lipinski definition) is 2. The van der Waals surface area contributed by atoms with Crippen molar-refractivity contribution in [1.82, 2.24) is 5.32 Å². The maximum atomic E-state index is 12.3. The van der Waals surface area contributed by atoms with E-state index in [1.807, 2.05) is 12.1 Å². The number of nitrogens with one attached hydrogen (secondary N) is 1. The van der Waals surface area contributed by atoms with Crippen molar-refractivity contribution in [1.29, 1.82) is 0 Å². The summed E-state index contributed by atoms with van der Waals surface area (Å²) in [5, 5.41) is 3.76. The molecule has 0 spiro atoms. The van der Waals surface area contributed by atoms with Gasteiger partial charge in [0.15, 0.2) is 6.10 Å². The van der Waals surface area contributed by atoms with Crippen molar-refractivity contribution in [3.63, 3.8) is 0 Å². The molecular weight excluding hydrogens is 298 g/mol. The van der Waals surface area contributed by atoms with Crippen molar-refractivity contribution < 1.29 is 9.53 Å². The van der Waals surface area contributed by atoms with E-state index in [0.29, 0.717) is 16.7 Å². The van der Waals surface area contributed by atoms with Gasteiger partial charge in [0, 0.05) is 11.1 Å². The Morgan fingerprint density at radius 3 is 2.77 bits per heavy atom. The first-order valence-electron chi connectivity index (χ1n) is 8.25. The Labute approximate surface area is 137 Å². The van der Waals surface area contributed by atoms with Crippen LogP contribution in [0.15, 0.2) is 24.3 Å². The second-order valence-electron chi connectivity index (χ2n) is 6.85. The minimum atomic E-state index is -0.514. The summed E-state index contributed by atoms with van der Waals surface area (Å²) in [6, 6.07) is 7.38. The number of amides is 1. The highest BCUT2D eigenvalue weighted by Gasteiger charge is 2.42. The maximum Gasteiger partial charge on any atom is 0.260 e. The van der Waals surface area contributed by atoms with E-state index in [-0.39, 0.29) is 11.9 Å². The van der Waals surface area contributed by atoms with Gasteiger partial charge in [-0.3, -0.25) is 4.79 Å². The molecule has 22 heavy (non-hydrogen) atoms. The van der Waals surface area contributed by atoms with Crippen LogP contribution in [-0.4, -0.2) is 18.1 Å². The van der Waals surface area contributed by atoms with Crippen molar-refractivity contribution in [3.05, 3.63) is 29.3 Å². The summed E-state index contributed by atoms with van der Waals surface area (Å²) in [4.78, 5) is 12.3. The number of hydrogen-bond donors (Lipinski definition) is 1. The van der Waals surface area contributed by atoms with E-state index in [1.54, 1.807) is 19.1 Å². The lowest BCUT2D eigenvalue weighted by atomic mass is 9.84. The molecule has 120 valence electrons. The zero-order valence-corrected chi connectivity index (χ0v) is 14.0. The molecule has 1 aromatic rings. The molecule has 2 saturated carbocycles.